The van der Waals surface area contributed by atoms with Crippen molar-refractivity contribution in [3.8, 4) is 11.5 Å². The van der Waals surface area contributed by atoms with Crippen LogP contribution >= 0.6 is 15.9 Å². The van der Waals surface area contributed by atoms with Crippen LogP contribution in [0.15, 0.2) is 16.6 Å². The van der Waals surface area contributed by atoms with E-state index >= 15 is 0 Å². The molecule has 0 spiro atoms. The molecule has 1 N–H and O–H groups in total. The maximum Gasteiger partial charge on any atom is 0.305 e. The maximum absolute atomic E-state index is 11.3. The van der Waals surface area contributed by atoms with Gasteiger partial charge in [-0.05, 0) is 47.0 Å². The Hall–Kier alpha value is -1.27. The SMILES string of the molecule is CCOC(=O)CCC(O)c1cc(Br)c2c(c1)OCCO2. The summed E-state index contributed by atoms with van der Waals surface area (Å²) < 4.78 is 16.6. The van der Waals surface area contributed by atoms with Gasteiger partial charge < -0.3 is 19.3 Å². The number of aliphatic hydroxyl groups excluding tert-OH is 1. The minimum atomic E-state index is -0.744. The molecule has 1 heterocycles. The molecule has 1 aliphatic heterocycles. The fourth-order valence-corrected chi connectivity index (χ4v) is 2.55. The number of hydrogen-bond acceptors (Lipinski definition) is 5. The van der Waals surface area contributed by atoms with Crippen molar-refractivity contribution < 1.29 is 24.1 Å². The van der Waals surface area contributed by atoms with E-state index in [4.69, 9.17) is 14.2 Å². The highest BCUT2D eigenvalue weighted by Crippen LogP contribution is 2.40. The van der Waals surface area contributed by atoms with Gasteiger partial charge in [0.15, 0.2) is 11.5 Å². The summed E-state index contributed by atoms with van der Waals surface area (Å²) in [5.74, 6) is 0.955. The Balaban J connectivity index is 2.04. The van der Waals surface area contributed by atoms with E-state index in [-0.39, 0.29) is 12.4 Å². The number of halogens is 1. The molecule has 1 atom stereocenters. The van der Waals surface area contributed by atoms with Crippen LogP contribution in [-0.2, 0) is 9.53 Å². The van der Waals surface area contributed by atoms with Crippen LogP contribution < -0.4 is 9.47 Å². The lowest BCUT2D eigenvalue weighted by Crippen LogP contribution is -2.16. The molecule has 2 rings (SSSR count). The molecule has 0 aromatic heterocycles. The average Bonchev–Trinajstić information content (AvgIpc) is 2.45. The highest BCUT2D eigenvalue weighted by atomic mass is 79.9. The van der Waals surface area contributed by atoms with Crippen molar-refractivity contribution in [3.63, 3.8) is 0 Å². The highest BCUT2D eigenvalue weighted by molar-refractivity contribution is 9.10. The molecular formula is C14H17BrO5. The predicted molar refractivity (Wildman–Crippen MR) is 76.0 cm³/mol. The summed E-state index contributed by atoms with van der Waals surface area (Å²) in [4.78, 5) is 11.3. The molecule has 1 aromatic rings. The third-order valence-electron chi connectivity index (χ3n) is 2.93. The number of carbonyl (C=O) groups excluding carboxylic acids is 1. The lowest BCUT2D eigenvalue weighted by Gasteiger charge is -2.21. The first kappa shape index (κ1) is 15.1. The van der Waals surface area contributed by atoms with Crippen LogP contribution in [-0.4, -0.2) is 30.9 Å². The second kappa shape index (κ2) is 6.95. The van der Waals surface area contributed by atoms with Crippen molar-refractivity contribution >= 4 is 21.9 Å². The summed E-state index contributed by atoms with van der Waals surface area (Å²) in [7, 11) is 0. The van der Waals surface area contributed by atoms with E-state index in [1.165, 1.54) is 0 Å². The Bertz CT molecular complexity index is 489. The number of carbonyl (C=O) groups is 1. The van der Waals surface area contributed by atoms with Gasteiger partial charge in [0.25, 0.3) is 0 Å². The molecule has 1 unspecified atom stereocenters. The van der Waals surface area contributed by atoms with Gasteiger partial charge in [-0.25, -0.2) is 0 Å². The number of hydrogen-bond donors (Lipinski definition) is 1. The van der Waals surface area contributed by atoms with Crippen molar-refractivity contribution in [2.75, 3.05) is 19.8 Å². The molecule has 20 heavy (non-hydrogen) atoms. The number of rotatable bonds is 5. The molecule has 0 radical (unpaired) electrons. The van der Waals surface area contributed by atoms with E-state index in [1.54, 1.807) is 19.1 Å². The monoisotopic (exact) mass is 344 g/mol. The van der Waals surface area contributed by atoms with Crippen molar-refractivity contribution in [3.05, 3.63) is 22.2 Å². The quantitative estimate of drug-likeness (QED) is 0.831. The Kier molecular flexibility index (Phi) is 5.25. The van der Waals surface area contributed by atoms with Gasteiger partial charge in [0.05, 0.1) is 17.2 Å². The number of benzene rings is 1. The molecular weight excluding hydrogens is 328 g/mol. The smallest absolute Gasteiger partial charge is 0.305 e. The Morgan fingerprint density at radius 3 is 2.95 bits per heavy atom. The summed E-state index contributed by atoms with van der Waals surface area (Å²) >= 11 is 3.40. The second-order valence-corrected chi connectivity index (χ2v) is 5.24. The fourth-order valence-electron chi connectivity index (χ4n) is 1.98. The molecule has 0 amide bonds. The number of ether oxygens (including phenoxy) is 3. The van der Waals surface area contributed by atoms with Gasteiger partial charge in [0, 0.05) is 6.42 Å². The third-order valence-corrected chi connectivity index (χ3v) is 3.52. The van der Waals surface area contributed by atoms with E-state index in [2.05, 4.69) is 15.9 Å². The molecule has 0 fully saturated rings. The normalized spacial score (nSPS) is 14.8. The zero-order valence-electron chi connectivity index (χ0n) is 11.2. The van der Waals surface area contributed by atoms with Crippen LogP contribution in [0, 0.1) is 0 Å². The fraction of sp³-hybridized carbons (Fsp3) is 0.500. The van der Waals surface area contributed by atoms with Crippen molar-refractivity contribution in [1.29, 1.82) is 0 Å². The summed E-state index contributed by atoms with van der Waals surface area (Å²) in [6.45, 7) is 3.11. The highest BCUT2D eigenvalue weighted by Gasteiger charge is 2.19. The van der Waals surface area contributed by atoms with E-state index < -0.39 is 6.10 Å². The summed E-state index contributed by atoms with van der Waals surface area (Å²) in [5.41, 5.74) is 0.686. The van der Waals surface area contributed by atoms with Gasteiger partial charge in [0.1, 0.15) is 13.2 Å². The molecule has 1 aromatic carbocycles. The van der Waals surface area contributed by atoms with E-state index in [0.717, 1.165) is 4.47 Å². The van der Waals surface area contributed by atoms with E-state index in [9.17, 15) is 9.90 Å². The summed E-state index contributed by atoms with van der Waals surface area (Å²) in [6.07, 6.45) is -0.252. The average molecular weight is 345 g/mol. The minimum Gasteiger partial charge on any atom is -0.486 e. The van der Waals surface area contributed by atoms with E-state index in [1.807, 2.05) is 0 Å². The largest absolute Gasteiger partial charge is 0.486 e. The van der Waals surface area contributed by atoms with Crippen molar-refractivity contribution in [2.24, 2.45) is 0 Å². The van der Waals surface area contributed by atoms with Crippen LogP contribution in [0.1, 0.15) is 31.4 Å². The Morgan fingerprint density at radius 2 is 2.20 bits per heavy atom. The first-order valence-electron chi connectivity index (χ1n) is 6.54. The molecule has 0 saturated carbocycles. The van der Waals surface area contributed by atoms with Crippen LogP contribution in [0.4, 0.5) is 0 Å². The van der Waals surface area contributed by atoms with Crippen LogP contribution in [0.25, 0.3) is 0 Å². The molecule has 110 valence electrons. The summed E-state index contributed by atoms with van der Waals surface area (Å²) in [5, 5.41) is 10.1. The van der Waals surface area contributed by atoms with Gasteiger partial charge >= 0.3 is 5.97 Å². The lowest BCUT2D eigenvalue weighted by atomic mass is 10.0. The van der Waals surface area contributed by atoms with Gasteiger partial charge in [-0.1, -0.05) is 0 Å². The maximum atomic E-state index is 11.3. The Morgan fingerprint density at radius 1 is 1.45 bits per heavy atom. The van der Waals surface area contributed by atoms with Gasteiger partial charge in [0.2, 0.25) is 0 Å². The van der Waals surface area contributed by atoms with Crippen LogP contribution in [0.5, 0.6) is 11.5 Å². The molecule has 5 nitrogen and oxygen atoms in total. The van der Waals surface area contributed by atoms with Crippen LogP contribution in [0.2, 0.25) is 0 Å². The molecule has 6 heteroatoms. The van der Waals surface area contributed by atoms with Crippen molar-refractivity contribution in [2.45, 2.75) is 25.9 Å². The zero-order chi connectivity index (χ0) is 14.5. The van der Waals surface area contributed by atoms with Gasteiger partial charge in [-0.15, -0.1) is 0 Å². The number of aliphatic hydroxyl groups is 1. The molecule has 1 aliphatic rings. The lowest BCUT2D eigenvalue weighted by molar-refractivity contribution is -0.143. The van der Waals surface area contributed by atoms with Gasteiger partial charge in [-0.3, -0.25) is 4.79 Å². The van der Waals surface area contributed by atoms with Crippen LogP contribution in [0.3, 0.4) is 0 Å². The van der Waals surface area contributed by atoms with E-state index in [0.29, 0.717) is 43.3 Å². The summed E-state index contributed by atoms with van der Waals surface area (Å²) in [6, 6.07) is 3.53. The van der Waals surface area contributed by atoms with Gasteiger partial charge in [-0.2, -0.15) is 0 Å². The standard InChI is InChI=1S/C14H17BrO5/c1-2-18-13(17)4-3-11(16)9-7-10(15)14-12(8-9)19-5-6-20-14/h7-8,11,16H,2-6H2,1H3. The molecule has 0 aliphatic carbocycles. The predicted octanol–water partition coefficient (Wildman–Crippen LogP) is 2.60. The second-order valence-electron chi connectivity index (χ2n) is 4.39. The minimum absolute atomic E-state index is 0.182. The Labute approximate surface area is 126 Å². The number of esters is 1. The molecule has 0 bridgehead atoms. The topological polar surface area (TPSA) is 65.0 Å². The first-order chi connectivity index (χ1) is 9.61. The molecule has 0 saturated heterocycles. The zero-order valence-corrected chi connectivity index (χ0v) is 12.8. The third kappa shape index (κ3) is 3.64. The van der Waals surface area contributed by atoms with Crippen molar-refractivity contribution in [1.82, 2.24) is 0 Å². The first-order valence-corrected chi connectivity index (χ1v) is 7.33. The number of fused-ring (bicyclic) bond motifs is 1.